The fourth-order valence-corrected chi connectivity index (χ4v) is 4.11. The number of aromatic nitrogens is 1. The lowest BCUT2D eigenvalue weighted by Crippen LogP contribution is -2.21. The third kappa shape index (κ3) is 5.57. The number of oxazole rings is 1. The number of rotatable bonds is 7. The van der Waals surface area contributed by atoms with Crippen LogP contribution in [0.1, 0.15) is 36.8 Å². The summed E-state index contributed by atoms with van der Waals surface area (Å²) in [5.74, 6) is -1.67. The maximum Gasteiger partial charge on any atom is 0.416 e. The minimum Gasteiger partial charge on any atom is -0.508 e. The van der Waals surface area contributed by atoms with E-state index in [-0.39, 0.29) is 17.3 Å². The molecule has 1 unspecified atom stereocenters. The molecule has 0 radical (unpaired) electrons. The first-order chi connectivity index (χ1) is 17.2. The summed E-state index contributed by atoms with van der Waals surface area (Å²) >= 11 is 4.38. The molecule has 5 nitrogen and oxygen atoms in total. The van der Waals surface area contributed by atoms with Crippen LogP contribution in [0.4, 0.5) is 19.1 Å². The molecule has 0 fully saturated rings. The monoisotopic (exact) mass is 512 g/mol. The molecule has 0 spiro atoms. The lowest BCUT2D eigenvalue weighted by molar-refractivity contribution is -0.137. The smallest absolute Gasteiger partial charge is 0.416 e. The molecular weight excluding hydrogens is 489 g/mol. The Hall–Kier alpha value is -3.72. The minimum atomic E-state index is -4.61. The number of benzene rings is 3. The van der Waals surface area contributed by atoms with Crippen molar-refractivity contribution >= 4 is 24.4 Å². The number of nitrogens with zero attached hydrogens (tertiary/aromatic N) is 1. The van der Waals surface area contributed by atoms with Crippen molar-refractivity contribution < 1.29 is 27.5 Å². The van der Waals surface area contributed by atoms with Crippen LogP contribution in [0.3, 0.4) is 0 Å². The molecule has 1 amide bonds. The second-order valence-electron chi connectivity index (χ2n) is 8.21. The zero-order valence-electron chi connectivity index (χ0n) is 19.2. The summed E-state index contributed by atoms with van der Waals surface area (Å²) in [6.45, 7) is 1.84. The van der Waals surface area contributed by atoms with E-state index < -0.39 is 29.3 Å². The highest BCUT2D eigenvalue weighted by Gasteiger charge is 2.33. The molecular formula is C27H23F3N2O3S. The van der Waals surface area contributed by atoms with Crippen LogP contribution in [0.5, 0.6) is 5.75 Å². The number of alkyl halides is 3. The summed E-state index contributed by atoms with van der Waals surface area (Å²) in [5.41, 5.74) is 0.852. The highest BCUT2D eigenvalue weighted by molar-refractivity contribution is 7.80. The van der Waals surface area contributed by atoms with E-state index in [0.717, 1.165) is 12.1 Å². The number of thiol groups is 1. The number of amides is 1. The summed E-state index contributed by atoms with van der Waals surface area (Å²) in [4.78, 5) is 18.7. The van der Waals surface area contributed by atoms with Crippen molar-refractivity contribution in [2.45, 2.75) is 36.8 Å². The average molecular weight is 513 g/mol. The second kappa shape index (κ2) is 10.5. The van der Waals surface area contributed by atoms with Crippen LogP contribution >= 0.6 is 12.6 Å². The Balaban J connectivity index is 1.72. The van der Waals surface area contributed by atoms with Gasteiger partial charge in [0.2, 0.25) is 17.7 Å². The summed E-state index contributed by atoms with van der Waals surface area (Å²) in [7, 11) is 0. The number of aromatic hydroxyl groups is 1. The van der Waals surface area contributed by atoms with E-state index in [4.69, 9.17) is 4.42 Å². The predicted molar refractivity (Wildman–Crippen MR) is 134 cm³/mol. The number of anilines is 1. The molecule has 1 heterocycles. The van der Waals surface area contributed by atoms with Crippen LogP contribution in [0.2, 0.25) is 0 Å². The molecule has 3 aromatic carbocycles. The molecule has 9 heteroatoms. The Morgan fingerprint density at radius 2 is 1.78 bits per heavy atom. The zero-order valence-corrected chi connectivity index (χ0v) is 20.1. The number of phenols is 1. The number of hydrogen-bond donors (Lipinski definition) is 3. The van der Waals surface area contributed by atoms with E-state index in [1.54, 1.807) is 24.3 Å². The van der Waals surface area contributed by atoms with E-state index >= 15 is 0 Å². The van der Waals surface area contributed by atoms with Gasteiger partial charge in [-0.05, 0) is 42.8 Å². The van der Waals surface area contributed by atoms with Gasteiger partial charge in [0.25, 0.3) is 0 Å². The van der Waals surface area contributed by atoms with Gasteiger partial charge in [-0.2, -0.15) is 13.2 Å². The quantitative estimate of drug-likeness (QED) is 0.224. The van der Waals surface area contributed by atoms with E-state index in [0.29, 0.717) is 40.6 Å². The van der Waals surface area contributed by atoms with Crippen molar-refractivity contribution in [3.8, 4) is 28.5 Å². The van der Waals surface area contributed by atoms with Gasteiger partial charge in [0.05, 0.1) is 11.5 Å². The molecule has 0 aliphatic carbocycles. The second-order valence-corrected chi connectivity index (χ2v) is 8.73. The van der Waals surface area contributed by atoms with Crippen molar-refractivity contribution in [2.75, 3.05) is 5.32 Å². The average Bonchev–Trinajstić information content (AvgIpc) is 3.26. The lowest BCUT2D eigenvalue weighted by Gasteiger charge is -2.18. The highest BCUT2D eigenvalue weighted by atomic mass is 32.1. The van der Waals surface area contributed by atoms with Gasteiger partial charge in [-0.3, -0.25) is 10.1 Å². The third-order valence-corrected chi connectivity index (χ3v) is 5.91. The number of hydrogen-bond acceptors (Lipinski definition) is 5. The molecule has 0 saturated heterocycles. The molecule has 4 rings (SSSR count). The summed E-state index contributed by atoms with van der Waals surface area (Å²) in [5, 5.41) is 13.1. The Morgan fingerprint density at radius 1 is 1.06 bits per heavy atom. The maximum atomic E-state index is 13.4. The summed E-state index contributed by atoms with van der Waals surface area (Å²) in [6.07, 6.45) is -3.76. The van der Waals surface area contributed by atoms with Crippen LogP contribution in [0, 0.1) is 0 Å². The predicted octanol–water partition coefficient (Wildman–Crippen LogP) is 7.54. The Labute approximate surface area is 211 Å². The number of carbonyl (C=O) groups is 1. The van der Waals surface area contributed by atoms with E-state index in [2.05, 4.69) is 22.9 Å². The molecule has 0 aliphatic rings. The van der Waals surface area contributed by atoms with E-state index in [1.807, 2.05) is 37.3 Å². The molecule has 36 heavy (non-hydrogen) atoms. The Kier molecular flexibility index (Phi) is 7.40. The molecule has 1 aromatic heterocycles. The molecule has 0 bridgehead atoms. The van der Waals surface area contributed by atoms with Gasteiger partial charge in [0.1, 0.15) is 11.4 Å². The summed E-state index contributed by atoms with van der Waals surface area (Å²) in [6, 6.07) is 18.9. The van der Waals surface area contributed by atoms with Gasteiger partial charge < -0.3 is 9.52 Å². The van der Waals surface area contributed by atoms with Gasteiger partial charge in [-0.1, -0.05) is 49.7 Å². The van der Waals surface area contributed by atoms with Crippen LogP contribution in [0.25, 0.3) is 22.7 Å². The van der Waals surface area contributed by atoms with Crippen LogP contribution in [-0.4, -0.2) is 16.0 Å². The van der Waals surface area contributed by atoms with Crippen molar-refractivity contribution in [3.63, 3.8) is 0 Å². The third-order valence-electron chi connectivity index (χ3n) is 5.63. The van der Waals surface area contributed by atoms with Gasteiger partial charge in [0.15, 0.2) is 0 Å². The first-order valence-electron chi connectivity index (χ1n) is 11.2. The number of halogens is 3. The number of phenolic OH excluding ortho intramolecular Hbond substituents is 1. The van der Waals surface area contributed by atoms with Crippen molar-refractivity contribution in [1.29, 1.82) is 0 Å². The topological polar surface area (TPSA) is 75.4 Å². The molecule has 186 valence electrons. The first kappa shape index (κ1) is 25.4. The fourth-order valence-electron chi connectivity index (χ4n) is 3.89. The van der Waals surface area contributed by atoms with Crippen molar-refractivity contribution in [1.82, 2.24) is 4.98 Å². The van der Waals surface area contributed by atoms with Crippen LogP contribution < -0.4 is 5.32 Å². The Morgan fingerprint density at radius 3 is 2.42 bits per heavy atom. The lowest BCUT2D eigenvalue weighted by atomic mass is 9.91. The molecule has 2 N–H and O–H groups in total. The highest BCUT2D eigenvalue weighted by Crippen LogP contribution is 2.38. The van der Waals surface area contributed by atoms with E-state index in [1.165, 1.54) is 0 Å². The van der Waals surface area contributed by atoms with Crippen molar-refractivity contribution in [2.24, 2.45) is 0 Å². The zero-order chi connectivity index (χ0) is 25.9. The summed E-state index contributed by atoms with van der Waals surface area (Å²) < 4.78 is 45.1. The molecule has 1 atom stereocenters. The van der Waals surface area contributed by atoms with Gasteiger partial charge in [-0.15, -0.1) is 12.6 Å². The largest absolute Gasteiger partial charge is 0.508 e. The standard InChI is InChI=1S/C27H23F3N2O3S/c1-2-7-21(20-13-12-18(15-22(20)33)27(28,29)30)24(34)32-26-23(17-10-6-11-19(36)14-17)31-25(35-26)16-8-4-3-5-9-16/h3-6,8-15,21,33,36H,2,7H2,1H3,(H,32,34). The normalized spacial score (nSPS) is 12.4. The van der Waals surface area contributed by atoms with Crippen molar-refractivity contribution in [3.05, 3.63) is 83.9 Å². The van der Waals surface area contributed by atoms with Gasteiger partial charge >= 0.3 is 6.18 Å². The minimum absolute atomic E-state index is 0.0882. The van der Waals surface area contributed by atoms with Crippen LogP contribution in [-0.2, 0) is 11.0 Å². The van der Waals surface area contributed by atoms with Crippen LogP contribution in [0.15, 0.2) is 82.1 Å². The van der Waals surface area contributed by atoms with E-state index in [9.17, 15) is 23.1 Å². The molecule has 0 aliphatic heterocycles. The van der Waals surface area contributed by atoms with Gasteiger partial charge in [0, 0.05) is 21.6 Å². The number of carbonyl (C=O) groups excluding carboxylic acids is 1. The van der Waals surface area contributed by atoms with Gasteiger partial charge in [-0.25, -0.2) is 4.98 Å². The maximum absolute atomic E-state index is 13.4. The number of nitrogens with one attached hydrogen (secondary N) is 1. The molecule has 4 aromatic rings. The molecule has 0 saturated carbocycles. The SMILES string of the molecule is CCCC(C(=O)Nc1oc(-c2ccccc2)nc1-c1cccc(S)c1)c1ccc(C(F)(F)F)cc1O. The Bertz CT molecular complexity index is 1370. The first-order valence-corrected chi connectivity index (χ1v) is 11.7. The fraction of sp³-hybridized carbons (Fsp3) is 0.185.